The molecular formula is C16H19BrN4O6. The molecule has 0 spiro atoms. The van der Waals surface area contributed by atoms with Crippen LogP contribution in [0.2, 0.25) is 0 Å². The lowest BCUT2D eigenvalue weighted by Crippen LogP contribution is -2.44. The van der Waals surface area contributed by atoms with Crippen LogP contribution < -0.4 is 14.9 Å². The highest BCUT2D eigenvalue weighted by Gasteiger charge is 2.21. The van der Waals surface area contributed by atoms with Gasteiger partial charge in [-0.25, -0.2) is 4.73 Å². The van der Waals surface area contributed by atoms with Crippen LogP contribution in [0.15, 0.2) is 18.2 Å². The summed E-state index contributed by atoms with van der Waals surface area (Å²) < 4.78 is 10.4. The Morgan fingerprint density at radius 2 is 2.00 bits per heavy atom. The fourth-order valence-electron chi connectivity index (χ4n) is 2.19. The molecule has 0 radical (unpaired) electrons. The molecule has 0 saturated heterocycles. The maximum Gasteiger partial charge on any atom is 0.460 e. The van der Waals surface area contributed by atoms with Crippen molar-refractivity contribution < 1.29 is 28.6 Å². The lowest BCUT2D eigenvalue weighted by atomic mass is 10.2. The molecule has 1 aromatic carbocycles. The van der Waals surface area contributed by atoms with Crippen molar-refractivity contribution in [2.45, 2.75) is 33.0 Å². The summed E-state index contributed by atoms with van der Waals surface area (Å²) in [7, 11) is 0. The molecule has 0 aliphatic carbocycles. The van der Waals surface area contributed by atoms with Gasteiger partial charge in [0.2, 0.25) is 5.10 Å². The van der Waals surface area contributed by atoms with E-state index >= 15 is 0 Å². The zero-order valence-electron chi connectivity index (χ0n) is 14.8. The fourth-order valence-corrected chi connectivity index (χ4v) is 2.35. The average Bonchev–Trinajstić information content (AvgIpc) is 2.62. The quantitative estimate of drug-likeness (QED) is 0.273. The van der Waals surface area contributed by atoms with Gasteiger partial charge < -0.3 is 19.9 Å². The topological polar surface area (TPSA) is 131 Å². The first kappa shape index (κ1) is 20.6. The van der Waals surface area contributed by atoms with E-state index in [0.717, 1.165) is 0 Å². The minimum atomic E-state index is -0.447. The van der Waals surface area contributed by atoms with Gasteiger partial charge in [0.15, 0.2) is 5.52 Å². The SMILES string of the molecule is CC(C)OC(=O)CCNc1n[n+]([O-])c2cc(COC(=O)CBr)ccc2[n+]1[O-]. The number of nitrogens with zero attached hydrogens (tertiary/aromatic N) is 3. The Balaban J connectivity index is 2.13. The number of carbonyl (C=O) groups excluding carboxylic acids is 2. The second-order valence-corrected chi connectivity index (χ2v) is 6.38. The smallest absolute Gasteiger partial charge is 0.460 e. The standard InChI is InChI=1S/C16H19BrN4O6/c1-10(2)27-14(22)5-6-18-16-19-21(25)13-7-11(9-26-15(23)8-17)3-4-12(13)20(16)24/h3-4,7,10H,5-6,8-9H2,1-2H3,(H,18,19). The van der Waals surface area contributed by atoms with E-state index in [0.29, 0.717) is 15.1 Å². The molecule has 27 heavy (non-hydrogen) atoms. The highest BCUT2D eigenvalue weighted by Crippen LogP contribution is 2.11. The van der Waals surface area contributed by atoms with Gasteiger partial charge in [-0.05, 0) is 25.5 Å². The van der Waals surface area contributed by atoms with Crippen LogP contribution >= 0.6 is 15.9 Å². The van der Waals surface area contributed by atoms with Crippen LogP contribution in [0.25, 0.3) is 11.0 Å². The summed E-state index contributed by atoms with van der Waals surface area (Å²) in [5.74, 6) is -1.10. The van der Waals surface area contributed by atoms with Gasteiger partial charge in [-0.1, -0.05) is 22.0 Å². The Hall–Kier alpha value is -2.69. The molecular weight excluding hydrogens is 424 g/mol. The molecule has 11 heteroatoms. The lowest BCUT2D eigenvalue weighted by molar-refractivity contribution is -0.672. The molecule has 1 aromatic heterocycles. The van der Waals surface area contributed by atoms with Gasteiger partial charge in [0.1, 0.15) is 11.9 Å². The van der Waals surface area contributed by atoms with Crippen LogP contribution in [-0.4, -0.2) is 35.0 Å². The van der Waals surface area contributed by atoms with E-state index < -0.39 is 11.9 Å². The number of ether oxygens (including phenoxy) is 2. The molecule has 1 N–H and O–H groups in total. The molecule has 0 aliphatic heterocycles. The average molecular weight is 443 g/mol. The Morgan fingerprint density at radius 3 is 2.67 bits per heavy atom. The van der Waals surface area contributed by atoms with Crippen molar-refractivity contribution in [1.82, 2.24) is 5.10 Å². The zero-order chi connectivity index (χ0) is 20.0. The van der Waals surface area contributed by atoms with E-state index in [1.54, 1.807) is 19.9 Å². The predicted molar refractivity (Wildman–Crippen MR) is 97.6 cm³/mol. The van der Waals surface area contributed by atoms with E-state index in [-0.39, 0.29) is 48.0 Å². The largest absolute Gasteiger partial charge is 0.739 e. The predicted octanol–water partition coefficient (Wildman–Crippen LogP) is 0.693. The van der Waals surface area contributed by atoms with Gasteiger partial charge in [-0.15, -0.1) is 0 Å². The Kier molecular flexibility index (Phi) is 7.11. The molecule has 0 atom stereocenters. The maximum atomic E-state index is 12.4. The van der Waals surface area contributed by atoms with E-state index in [9.17, 15) is 20.0 Å². The van der Waals surface area contributed by atoms with Crippen LogP contribution in [0.3, 0.4) is 0 Å². The number of aromatic nitrogens is 3. The first-order chi connectivity index (χ1) is 12.8. The molecule has 0 aliphatic rings. The highest BCUT2D eigenvalue weighted by molar-refractivity contribution is 9.09. The van der Waals surface area contributed by atoms with Crippen molar-refractivity contribution in [3.05, 3.63) is 34.2 Å². The number of halogens is 1. The van der Waals surface area contributed by atoms with Crippen molar-refractivity contribution in [3.8, 4) is 0 Å². The van der Waals surface area contributed by atoms with Crippen LogP contribution in [0.1, 0.15) is 25.8 Å². The second-order valence-electron chi connectivity index (χ2n) is 5.82. The van der Waals surface area contributed by atoms with Crippen LogP contribution in [0.4, 0.5) is 5.95 Å². The number of carbonyl (C=O) groups is 2. The van der Waals surface area contributed by atoms with Crippen LogP contribution in [0, 0.1) is 10.4 Å². The Morgan fingerprint density at radius 1 is 1.26 bits per heavy atom. The first-order valence-corrected chi connectivity index (χ1v) is 9.25. The summed E-state index contributed by atoms with van der Waals surface area (Å²) in [4.78, 5) is 23.0. The van der Waals surface area contributed by atoms with E-state index in [1.807, 2.05) is 0 Å². The molecule has 0 bridgehead atoms. The Bertz CT molecular complexity index is 845. The molecule has 2 aromatic rings. The number of fused-ring (bicyclic) bond motifs is 1. The van der Waals surface area contributed by atoms with Gasteiger partial charge in [-0.3, -0.25) is 14.9 Å². The molecule has 0 saturated carbocycles. The molecule has 0 unspecified atom stereocenters. The van der Waals surface area contributed by atoms with Crippen molar-refractivity contribution in [2.75, 3.05) is 17.2 Å². The summed E-state index contributed by atoms with van der Waals surface area (Å²) in [6.45, 7) is 3.53. The van der Waals surface area contributed by atoms with E-state index in [1.165, 1.54) is 12.1 Å². The summed E-state index contributed by atoms with van der Waals surface area (Å²) in [5.41, 5.74) is 0.658. The molecule has 10 nitrogen and oxygen atoms in total. The fraction of sp³-hybridized carbons (Fsp3) is 0.438. The van der Waals surface area contributed by atoms with Crippen molar-refractivity contribution in [3.63, 3.8) is 0 Å². The number of benzene rings is 1. The number of alkyl halides is 1. The molecule has 0 amide bonds. The third-order valence-corrected chi connectivity index (χ3v) is 3.79. The van der Waals surface area contributed by atoms with Gasteiger partial charge in [0.05, 0.1) is 19.1 Å². The van der Waals surface area contributed by atoms with Gasteiger partial charge in [0, 0.05) is 10.9 Å². The molecule has 146 valence electrons. The van der Waals surface area contributed by atoms with Crippen LogP contribution in [0.5, 0.6) is 0 Å². The summed E-state index contributed by atoms with van der Waals surface area (Å²) in [6, 6.07) is 4.44. The summed E-state index contributed by atoms with van der Waals surface area (Å²) in [6.07, 6.45) is -0.207. The number of hydrogen-bond donors (Lipinski definition) is 1. The number of hydrogen-bond acceptors (Lipinski definition) is 8. The third-order valence-electron chi connectivity index (χ3n) is 3.33. The van der Waals surface area contributed by atoms with Crippen LogP contribution in [-0.2, 0) is 25.7 Å². The zero-order valence-corrected chi connectivity index (χ0v) is 16.4. The summed E-state index contributed by atoms with van der Waals surface area (Å²) >= 11 is 2.98. The minimum absolute atomic E-state index is 0.0225. The van der Waals surface area contributed by atoms with Gasteiger partial charge in [-0.2, -0.15) is 0 Å². The maximum absolute atomic E-state index is 12.4. The number of nitrogens with one attached hydrogen (secondary N) is 1. The minimum Gasteiger partial charge on any atom is -0.739 e. The van der Waals surface area contributed by atoms with Crippen molar-refractivity contribution >= 4 is 44.9 Å². The normalized spacial score (nSPS) is 10.8. The lowest BCUT2D eigenvalue weighted by Gasteiger charge is -2.11. The second kappa shape index (κ2) is 9.31. The highest BCUT2D eigenvalue weighted by atomic mass is 79.9. The first-order valence-electron chi connectivity index (χ1n) is 8.12. The van der Waals surface area contributed by atoms with E-state index in [2.05, 4.69) is 26.3 Å². The molecule has 1 heterocycles. The number of esters is 2. The van der Waals surface area contributed by atoms with Gasteiger partial charge in [0.25, 0.3) is 5.52 Å². The number of rotatable bonds is 8. The third kappa shape index (κ3) is 5.64. The molecule has 0 fully saturated rings. The molecule has 2 rings (SSSR count). The number of anilines is 1. The van der Waals surface area contributed by atoms with Crippen molar-refractivity contribution in [2.24, 2.45) is 0 Å². The Labute approximate surface area is 163 Å². The summed E-state index contributed by atoms with van der Waals surface area (Å²) in [5, 5.41) is 30.9. The van der Waals surface area contributed by atoms with Crippen molar-refractivity contribution in [1.29, 1.82) is 0 Å². The van der Waals surface area contributed by atoms with Gasteiger partial charge >= 0.3 is 17.9 Å². The monoisotopic (exact) mass is 442 g/mol. The van der Waals surface area contributed by atoms with E-state index in [4.69, 9.17) is 9.47 Å².